The van der Waals surface area contributed by atoms with Crippen LogP contribution in [0.15, 0.2) is 0 Å². The SMILES string of the molecule is N.O=C(O)CC=S. The van der Waals surface area contributed by atoms with Crippen molar-refractivity contribution in [1.82, 2.24) is 6.15 Å². The van der Waals surface area contributed by atoms with Crippen LogP contribution in [0.3, 0.4) is 0 Å². The first-order chi connectivity index (χ1) is 2.77. The van der Waals surface area contributed by atoms with E-state index in [0.29, 0.717) is 0 Å². The van der Waals surface area contributed by atoms with Crippen molar-refractivity contribution in [2.24, 2.45) is 0 Å². The Hall–Kier alpha value is -0.480. The fourth-order valence-electron chi connectivity index (χ4n) is 0.0713. The Labute approximate surface area is 46.9 Å². The molecule has 0 amide bonds. The summed E-state index contributed by atoms with van der Waals surface area (Å²) in [6.07, 6.45) is -0.0185. The zero-order valence-corrected chi connectivity index (χ0v) is 4.57. The van der Waals surface area contributed by atoms with E-state index in [-0.39, 0.29) is 12.6 Å². The minimum Gasteiger partial charge on any atom is -0.481 e. The van der Waals surface area contributed by atoms with Gasteiger partial charge in [-0.3, -0.25) is 4.79 Å². The lowest BCUT2D eigenvalue weighted by Gasteiger charge is -1.73. The van der Waals surface area contributed by atoms with Crippen LogP contribution in [-0.2, 0) is 4.79 Å². The molecule has 0 aromatic carbocycles. The summed E-state index contributed by atoms with van der Waals surface area (Å²) in [5, 5.41) is 9.00. The summed E-state index contributed by atoms with van der Waals surface area (Å²) in [6.45, 7) is 0. The highest BCUT2D eigenvalue weighted by molar-refractivity contribution is 7.79. The molecule has 7 heavy (non-hydrogen) atoms. The number of hydrogen-bond acceptors (Lipinski definition) is 3. The summed E-state index contributed by atoms with van der Waals surface area (Å²) in [6, 6.07) is 0. The minimum atomic E-state index is -0.870. The molecule has 42 valence electrons. The first kappa shape index (κ1) is 9.72. The van der Waals surface area contributed by atoms with E-state index >= 15 is 0 Å². The van der Waals surface area contributed by atoms with Crippen LogP contribution >= 0.6 is 12.2 Å². The Bertz CT molecular complexity index is 73.3. The molecule has 3 nitrogen and oxygen atoms in total. The van der Waals surface area contributed by atoms with E-state index < -0.39 is 5.97 Å². The molecule has 0 radical (unpaired) electrons. The van der Waals surface area contributed by atoms with E-state index in [4.69, 9.17) is 5.11 Å². The quantitative estimate of drug-likeness (QED) is 0.525. The van der Waals surface area contributed by atoms with Gasteiger partial charge in [0.15, 0.2) is 0 Å². The second kappa shape index (κ2) is 5.52. The Balaban J connectivity index is 0. The molecule has 0 rings (SSSR count). The van der Waals surface area contributed by atoms with Crippen LogP contribution < -0.4 is 6.15 Å². The summed E-state index contributed by atoms with van der Waals surface area (Å²) in [7, 11) is 0. The molecular formula is C3H7NO2S. The second-order valence-corrected chi connectivity index (χ2v) is 1.10. The molecule has 4 N–H and O–H groups in total. The number of carboxylic acid groups (broad SMARTS) is 1. The van der Waals surface area contributed by atoms with Crippen LogP contribution in [0, 0.1) is 0 Å². The zero-order chi connectivity index (χ0) is 4.99. The third-order valence-corrected chi connectivity index (χ3v) is 0.425. The van der Waals surface area contributed by atoms with Crippen molar-refractivity contribution in [2.45, 2.75) is 6.42 Å². The lowest BCUT2D eigenvalue weighted by Crippen LogP contribution is -1.91. The van der Waals surface area contributed by atoms with E-state index in [0.717, 1.165) is 0 Å². The van der Waals surface area contributed by atoms with Gasteiger partial charge in [-0.25, -0.2) is 0 Å². The third-order valence-electron chi connectivity index (χ3n) is 0.258. The van der Waals surface area contributed by atoms with Crippen LogP contribution in [0.25, 0.3) is 0 Å². The standard InChI is InChI=1S/C3H4O2S.H3N/c4-3(5)1-2-6;/h2H,1H2,(H,4,5);1H3. The van der Waals surface area contributed by atoms with Crippen molar-refractivity contribution < 1.29 is 9.90 Å². The summed E-state index contributed by atoms with van der Waals surface area (Å²) in [5.74, 6) is -0.870. The number of carbonyl (C=O) groups is 1. The average molecular weight is 121 g/mol. The number of aliphatic carboxylic acids is 1. The highest BCUT2D eigenvalue weighted by Crippen LogP contribution is 1.68. The molecule has 0 saturated heterocycles. The highest BCUT2D eigenvalue weighted by Gasteiger charge is 1.85. The van der Waals surface area contributed by atoms with E-state index in [1.54, 1.807) is 0 Å². The van der Waals surface area contributed by atoms with Crippen molar-refractivity contribution in [1.29, 1.82) is 0 Å². The Morgan fingerprint density at radius 2 is 2.29 bits per heavy atom. The van der Waals surface area contributed by atoms with Crippen LogP contribution in [-0.4, -0.2) is 16.4 Å². The fraction of sp³-hybridized carbons (Fsp3) is 0.333. The Morgan fingerprint density at radius 3 is 2.29 bits per heavy atom. The van der Waals surface area contributed by atoms with Crippen molar-refractivity contribution in [3.63, 3.8) is 0 Å². The summed E-state index contributed by atoms with van der Waals surface area (Å²) in [4.78, 5) is 9.50. The van der Waals surface area contributed by atoms with Crippen molar-refractivity contribution in [3.8, 4) is 0 Å². The van der Waals surface area contributed by atoms with Gasteiger partial charge in [-0.1, -0.05) is 12.2 Å². The molecule has 4 heteroatoms. The maximum atomic E-state index is 9.50. The van der Waals surface area contributed by atoms with E-state index in [9.17, 15) is 4.79 Å². The Kier molecular flexibility index (Phi) is 7.67. The van der Waals surface area contributed by atoms with Crippen molar-refractivity contribution in [2.75, 3.05) is 0 Å². The second-order valence-electron chi connectivity index (χ2n) is 0.765. The smallest absolute Gasteiger partial charge is 0.308 e. The molecule has 0 bridgehead atoms. The van der Waals surface area contributed by atoms with E-state index in [1.165, 1.54) is 5.37 Å². The molecule has 0 spiro atoms. The average Bonchev–Trinajstić information content (AvgIpc) is 1.35. The summed E-state index contributed by atoms with van der Waals surface area (Å²) >= 11 is 4.22. The molecule has 0 aliphatic heterocycles. The van der Waals surface area contributed by atoms with Gasteiger partial charge in [0.05, 0.1) is 6.42 Å². The van der Waals surface area contributed by atoms with Crippen LogP contribution in [0.4, 0.5) is 0 Å². The summed E-state index contributed by atoms with van der Waals surface area (Å²) < 4.78 is 0. The van der Waals surface area contributed by atoms with Crippen LogP contribution in [0.2, 0.25) is 0 Å². The lowest BCUT2D eigenvalue weighted by atomic mass is 10.5. The number of rotatable bonds is 2. The van der Waals surface area contributed by atoms with Gasteiger partial charge in [0.25, 0.3) is 0 Å². The Morgan fingerprint density at radius 1 is 1.86 bits per heavy atom. The van der Waals surface area contributed by atoms with Gasteiger partial charge in [0.1, 0.15) is 0 Å². The minimum absolute atomic E-state index is 0. The summed E-state index contributed by atoms with van der Waals surface area (Å²) in [5.41, 5.74) is 0. The third kappa shape index (κ3) is 10.8. The highest BCUT2D eigenvalue weighted by atomic mass is 32.1. The first-order valence-electron chi connectivity index (χ1n) is 1.43. The molecule has 0 aliphatic rings. The predicted octanol–water partition coefficient (Wildman–Crippen LogP) is 0.623. The molecule has 0 aromatic rings. The van der Waals surface area contributed by atoms with Gasteiger partial charge >= 0.3 is 5.97 Å². The normalized spacial score (nSPS) is 6.29. The van der Waals surface area contributed by atoms with Gasteiger partial charge in [-0.15, -0.1) is 0 Å². The fourth-order valence-corrected chi connectivity index (χ4v) is 0.214. The number of hydrogen-bond donors (Lipinski definition) is 2. The van der Waals surface area contributed by atoms with Crippen LogP contribution in [0.5, 0.6) is 0 Å². The van der Waals surface area contributed by atoms with Gasteiger partial charge in [-0.2, -0.15) is 0 Å². The monoisotopic (exact) mass is 121 g/mol. The molecule has 0 heterocycles. The van der Waals surface area contributed by atoms with Gasteiger partial charge < -0.3 is 11.3 Å². The van der Waals surface area contributed by atoms with Crippen molar-refractivity contribution >= 4 is 23.6 Å². The first-order valence-corrected chi connectivity index (χ1v) is 1.90. The number of thiocarbonyl (C=S) groups is 1. The van der Waals surface area contributed by atoms with Gasteiger partial charge in [0.2, 0.25) is 0 Å². The maximum Gasteiger partial charge on any atom is 0.308 e. The molecule has 0 fully saturated rings. The maximum absolute atomic E-state index is 9.50. The van der Waals surface area contributed by atoms with Crippen molar-refractivity contribution in [3.05, 3.63) is 0 Å². The van der Waals surface area contributed by atoms with Crippen LogP contribution in [0.1, 0.15) is 6.42 Å². The topological polar surface area (TPSA) is 72.3 Å². The number of carboxylic acids is 1. The van der Waals surface area contributed by atoms with Gasteiger partial charge in [0, 0.05) is 0 Å². The van der Waals surface area contributed by atoms with E-state index in [1.807, 2.05) is 0 Å². The molecule has 0 aromatic heterocycles. The molecule has 0 aliphatic carbocycles. The largest absolute Gasteiger partial charge is 0.481 e. The molecular weight excluding hydrogens is 114 g/mol. The molecule has 0 atom stereocenters. The lowest BCUT2D eigenvalue weighted by molar-refractivity contribution is -0.135. The van der Waals surface area contributed by atoms with E-state index in [2.05, 4.69) is 12.2 Å². The molecule has 0 saturated carbocycles. The van der Waals surface area contributed by atoms with Gasteiger partial charge in [-0.05, 0) is 5.37 Å². The zero-order valence-electron chi connectivity index (χ0n) is 3.76. The predicted molar refractivity (Wildman–Crippen MR) is 30.9 cm³/mol. The molecule has 0 unspecified atom stereocenters.